The second-order valence-electron chi connectivity index (χ2n) is 6.20. The maximum atomic E-state index is 4.48. The van der Waals surface area contributed by atoms with Gasteiger partial charge in [0.25, 0.3) is 0 Å². The standard InChI is InChI=1S/C21H24N4/c1-4-17-9-11-19(12-10-17)25-21-13-20(23-16(3)24-21)22-14-18-7-5-15(2)6-8-18/h5-13H,4,14H2,1-3H3,(H2,22,23,24,25). The Morgan fingerprint density at radius 3 is 2.12 bits per heavy atom. The predicted molar refractivity (Wildman–Crippen MR) is 104 cm³/mol. The van der Waals surface area contributed by atoms with Crippen LogP contribution < -0.4 is 10.6 Å². The first-order valence-electron chi connectivity index (χ1n) is 8.63. The Bertz CT molecular complexity index is 824. The van der Waals surface area contributed by atoms with Crippen molar-refractivity contribution in [3.05, 3.63) is 77.1 Å². The highest BCUT2D eigenvalue weighted by molar-refractivity contribution is 5.59. The van der Waals surface area contributed by atoms with Crippen LogP contribution in [0.4, 0.5) is 17.3 Å². The maximum Gasteiger partial charge on any atom is 0.136 e. The van der Waals surface area contributed by atoms with Gasteiger partial charge < -0.3 is 10.6 Å². The molecule has 0 saturated heterocycles. The number of rotatable bonds is 6. The fourth-order valence-electron chi connectivity index (χ4n) is 2.59. The van der Waals surface area contributed by atoms with E-state index < -0.39 is 0 Å². The number of anilines is 3. The van der Waals surface area contributed by atoms with Gasteiger partial charge in [0.1, 0.15) is 17.5 Å². The molecule has 3 rings (SSSR count). The smallest absolute Gasteiger partial charge is 0.136 e. The molecule has 2 N–H and O–H groups in total. The molecule has 2 aromatic carbocycles. The van der Waals surface area contributed by atoms with Crippen molar-refractivity contribution in [3.8, 4) is 0 Å². The van der Waals surface area contributed by atoms with Gasteiger partial charge in [-0.2, -0.15) is 0 Å². The van der Waals surface area contributed by atoms with Crippen molar-refractivity contribution in [2.75, 3.05) is 10.6 Å². The Balaban J connectivity index is 1.69. The lowest BCUT2D eigenvalue weighted by atomic mass is 10.1. The van der Waals surface area contributed by atoms with Gasteiger partial charge >= 0.3 is 0 Å². The highest BCUT2D eigenvalue weighted by Gasteiger charge is 2.03. The molecule has 0 aliphatic heterocycles. The van der Waals surface area contributed by atoms with Gasteiger partial charge in [-0.05, 0) is 43.5 Å². The summed E-state index contributed by atoms with van der Waals surface area (Å²) in [6, 6.07) is 18.9. The van der Waals surface area contributed by atoms with Gasteiger partial charge in [0.15, 0.2) is 0 Å². The molecule has 4 nitrogen and oxygen atoms in total. The average Bonchev–Trinajstić information content (AvgIpc) is 2.61. The molecule has 25 heavy (non-hydrogen) atoms. The lowest BCUT2D eigenvalue weighted by Gasteiger charge is -2.11. The second-order valence-corrected chi connectivity index (χ2v) is 6.20. The number of benzene rings is 2. The van der Waals surface area contributed by atoms with Crippen LogP contribution in [-0.4, -0.2) is 9.97 Å². The molecule has 0 bridgehead atoms. The zero-order chi connectivity index (χ0) is 17.6. The molecular weight excluding hydrogens is 308 g/mol. The predicted octanol–water partition coefficient (Wildman–Crippen LogP) is 5.01. The maximum absolute atomic E-state index is 4.48. The molecule has 0 spiro atoms. The van der Waals surface area contributed by atoms with E-state index in [4.69, 9.17) is 0 Å². The topological polar surface area (TPSA) is 49.8 Å². The van der Waals surface area contributed by atoms with E-state index in [0.717, 1.165) is 36.1 Å². The minimum atomic E-state index is 0.737. The molecule has 0 atom stereocenters. The highest BCUT2D eigenvalue weighted by Crippen LogP contribution is 2.18. The molecule has 128 valence electrons. The van der Waals surface area contributed by atoms with Crippen LogP contribution >= 0.6 is 0 Å². The number of hydrogen-bond donors (Lipinski definition) is 2. The van der Waals surface area contributed by atoms with E-state index in [1.165, 1.54) is 16.7 Å². The van der Waals surface area contributed by atoms with Crippen molar-refractivity contribution in [1.82, 2.24) is 9.97 Å². The first kappa shape index (κ1) is 17.0. The molecule has 0 fully saturated rings. The van der Waals surface area contributed by atoms with Crippen LogP contribution in [0.1, 0.15) is 29.4 Å². The molecule has 1 aromatic heterocycles. The minimum Gasteiger partial charge on any atom is -0.366 e. The van der Waals surface area contributed by atoms with Crippen LogP contribution in [0.25, 0.3) is 0 Å². The molecular formula is C21H24N4. The average molecular weight is 332 g/mol. The number of aryl methyl sites for hydroxylation is 3. The van der Waals surface area contributed by atoms with Crippen molar-refractivity contribution in [2.24, 2.45) is 0 Å². The van der Waals surface area contributed by atoms with Crippen molar-refractivity contribution in [1.29, 1.82) is 0 Å². The Labute approximate surface area is 149 Å². The van der Waals surface area contributed by atoms with Gasteiger partial charge in [-0.15, -0.1) is 0 Å². The van der Waals surface area contributed by atoms with Gasteiger partial charge in [-0.3, -0.25) is 0 Å². The van der Waals surface area contributed by atoms with Gasteiger partial charge in [0, 0.05) is 18.3 Å². The third-order valence-electron chi connectivity index (χ3n) is 4.07. The SMILES string of the molecule is CCc1ccc(Nc2cc(NCc3ccc(C)cc3)nc(C)n2)cc1. The quantitative estimate of drug-likeness (QED) is 0.666. The van der Waals surface area contributed by atoms with Crippen molar-refractivity contribution >= 4 is 17.3 Å². The Kier molecular flexibility index (Phi) is 5.29. The number of aromatic nitrogens is 2. The zero-order valence-electron chi connectivity index (χ0n) is 15.0. The van der Waals surface area contributed by atoms with E-state index in [0.29, 0.717) is 0 Å². The van der Waals surface area contributed by atoms with Gasteiger partial charge in [-0.25, -0.2) is 9.97 Å². The molecule has 1 heterocycles. The summed E-state index contributed by atoms with van der Waals surface area (Å²) in [6.07, 6.45) is 1.04. The second kappa shape index (κ2) is 7.79. The van der Waals surface area contributed by atoms with Gasteiger partial charge in [0.05, 0.1) is 0 Å². The fraction of sp³-hybridized carbons (Fsp3) is 0.238. The molecule has 0 saturated carbocycles. The number of nitrogens with one attached hydrogen (secondary N) is 2. The normalized spacial score (nSPS) is 10.5. The van der Waals surface area contributed by atoms with Gasteiger partial charge in [0.2, 0.25) is 0 Å². The van der Waals surface area contributed by atoms with Crippen molar-refractivity contribution in [2.45, 2.75) is 33.7 Å². The third kappa shape index (κ3) is 4.80. The van der Waals surface area contributed by atoms with E-state index in [9.17, 15) is 0 Å². The first-order valence-corrected chi connectivity index (χ1v) is 8.63. The summed E-state index contributed by atoms with van der Waals surface area (Å²) >= 11 is 0. The largest absolute Gasteiger partial charge is 0.366 e. The molecule has 0 amide bonds. The minimum absolute atomic E-state index is 0.737. The molecule has 4 heteroatoms. The number of nitrogens with zero attached hydrogens (tertiary/aromatic N) is 2. The van der Waals surface area contributed by atoms with Crippen molar-refractivity contribution in [3.63, 3.8) is 0 Å². The molecule has 0 aliphatic rings. The van der Waals surface area contributed by atoms with Crippen LogP contribution in [0.2, 0.25) is 0 Å². The van der Waals surface area contributed by atoms with E-state index in [1.54, 1.807) is 0 Å². The Hall–Kier alpha value is -2.88. The Morgan fingerprint density at radius 1 is 0.800 bits per heavy atom. The summed E-state index contributed by atoms with van der Waals surface area (Å²) in [6.45, 7) is 6.89. The van der Waals surface area contributed by atoms with Crippen LogP contribution in [0.3, 0.4) is 0 Å². The lowest BCUT2D eigenvalue weighted by molar-refractivity contribution is 1.02. The summed E-state index contributed by atoms with van der Waals surface area (Å²) in [5.41, 5.74) is 4.85. The van der Waals surface area contributed by atoms with Gasteiger partial charge in [-0.1, -0.05) is 48.9 Å². The summed E-state index contributed by atoms with van der Waals surface area (Å²) in [5, 5.41) is 6.73. The number of hydrogen-bond acceptors (Lipinski definition) is 4. The lowest BCUT2D eigenvalue weighted by Crippen LogP contribution is -2.05. The van der Waals surface area contributed by atoms with Crippen molar-refractivity contribution < 1.29 is 0 Å². The van der Waals surface area contributed by atoms with Crippen LogP contribution in [0.5, 0.6) is 0 Å². The fourth-order valence-corrected chi connectivity index (χ4v) is 2.59. The van der Waals surface area contributed by atoms with Crippen LogP contribution in [-0.2, 0) is 13.0 Å². The Morgan fingerprint density at radius 2 is 1.44 bits per heavy atom. The van der Waals surface area contributed by atoms with E-state index in [-0.39, 0.29) is 0 Å². The summed E-state index contributed by atoms with van der Waals surface area (Å²) in [7, 11) is 0. The third-order valence-corrected chi connectivity index (χ3v) is 4.07. The molecule has 3 aromatic rings. The molecule has 0 aliphatic carbocycles. The van der Waals surface area contributed by atoms with E-state index >= 15 is 0 Å². The monoisotopic (exact) mass is 332 g/mol. The first-order chi connectivity index (χ1) is 12.1. The zero-order valence-corrected chi connectivity index (χ0v) is 15.0. The van der Waals surface area contributed by atoms with Crippen LogP contribution in [0, 0.1) is 13.8 Å². The summed E-state index contributed by atoms with van der Waals surface area (Å²) in [5.74, 6) is 2.35. The van der Waals surface area contributed by atoms with E-state index in [2.05, 4.69) is 83.0 Å². The molecule has 0 radical (unpaired) electrons. The summed E-state index contributed by atoms with van der Waals surface area (Å²) < 4.78 is 0. The molecule has 0 unspecified atom stereocenters. The highest BCUT2D eigenvalue weighted by atomic mass is 15.1. The summed E-state index contributed by atoms with van der Waals surface area (Å²) in [4.78, 5) is 8.95. The van der Waals surface area contributed by atoms with Crippen LogP contribution in [0.15, 0.2) is 54.6 Å². The van der Waals surface area contributed by atoms with E-state index in [1.807, 2.05) is 13.0 Å².